The molecule has 0 saturated heterocycles. The van der Waals surface area contributed by atoms with Crippen LogP contribution in [0.2, 0.25) is 0 Å². The maximum Gasteiger partial charge on any atom is 0.239 e. The average Bonchev–Trinajstić information content (AvgIpc) is 2.35. The summed E-state index contributed by atoms with van der Waals surface area (Å²) in [5.41, 5.74) is 1.35. The Balaban J connectivity index is 2.93. The maximum atomic E-state index is 11.8. The van der Waals surface area contributed by atoms with Gasteiger partial charge in [0.25, 0.3) is 0 Å². The first-order chi connectivity index (χ1) is 8.97. The van der Waals surface area contributed by atoms with E-state index in [4.69, 9.17) is 0 Å². The van der Waals surface area contributed by atoms with Gasteiger partial charge in [0.15, 0.2) is 6.29 Å². The van der Waals surface area contributed by atoms with Crippen molar-refractivity contribution in [2.45, 2.75) is 26.8 Å². The molecule has 0 aliphatic heterocycles. The Bertz CT molecular complexity index is 461. The summed E-state index contributed by atoms with van der Waals surface area (Å²) in [6.07, 6.45) is 0.810. The monoisotopic (exact) mass is 326 g/mol. The molecule has 1 aromatic carbocycles. The Morgan fingerprint density at radius 2 is 2.16 bits per heavy atom. The molecule has 0 bridgehead atoms. The second-order valence-corrected chi connectivity index (χ2v) is 5.47. The smallest absolute Gasteiger partial charge is 0.239 e. The van der Waals surface area contributed by atoms with Gasteiger partial charge in [0.05, 0.1) is 6.54 Å². The van der Waals surface area contributed by atoms with Gasteiger partial charge in [0, 0.05) is 28.3 Å². The van der Waals surface area contributed by atoms with Crippen molar-refractivity contribution in [1.29, 1.82) is 0 Å². The van der Waals surface area contributed by atoms with E-state index in [1.165, 1.54) is 0 Å². The van der Waals surface area contributed by atoms with Gasteiger partial charge in [0.1, 0.15) is 0 Å². The lowest BCUT2D eigenvalue weighted by molar-refractivity contribution is -0.120. The van der Waals surface area contributed by atoms with Crippen molar-refractivity contribution in [2.75, 3.05) is 18.0 Å². The molecule has 0 radical (unpaired) electrons. The molecular weight excluding hydrogens is 308 g/mol. The van der Waals surface area contributed by atoms with E-state index >= 15 is 0 Å². The zero-order valence-corrected chi connectivity index (χ0v) is 13.0. The van der Waals surface area contributed by atoms with Crippen molar-refractivity contribution in [1.82, 2.24) is 5.32 Å². The molecule has 0 aromatic heterocycles. The standard InChI is InChI=1S/C14H19BrN2O2/c1-4-17(8-14(19)16-10(2)3)13-7-12(15)6-5-11(13)9-18/h5-7,9-10H,4,8H2,1-3H3,(H,16,19). The average molecular weight is 327 g/mol. The SMILES string of the molecule is CCN(CC(=O)NC(C)C)c1cc(Br)ccc1C=O. The predicted octanol–water partition coefficient (Wildman–Crippen LogP) is 2.61. The summed E-state index contributed by atoms with van der Waals surface area (Å²) in [4.78, 5) is 24.8. The highest BCUT2D eigenvalue weighted by molar-refractivity contribution is 9.10. The fourth-order valence-electron chi connectivity index (χ4n) is 1.80. The van der Waals surface area contributed by atoms with Crippen molar-refractivity contribution < 1.29 is 9.59 Å². The van der Waals surface area contributed by atoms with Crippen LogP contribution < -0.4 is 10.2 Å². The zero-order valence-electron chi connectivity index (χ0n) is 11.4. The van der Waals surface area contributed by atoms with Crippen LogP contribution in [0.15, 0.2) is 22.7 Å². The molecule has 1 amide bonds. The highest BCUT2D eigenvalue weighted by atomic mass is 79.9. The second-order valence-electron chi connectivity index (χ2n) is 4.56. The van der Waals surface area contributed by atoms with E-state index in [1.807, 2.05) is 37.8 Å². The van der Waals surface area contributed by atoms with E-state index < -0.39 is 0 Å². The fourth-order valence-corrected chi connectivity index (χ4v) is 2.15. The lowest BCUT2D eigenvalue weighted by Gasteiger charge is -2.24. The maximum absolute atomic E-state index is 11.8. The van der Waals surface area contributed by atoms with E-state index in [0.717, 1.165) is 16.4 Å². The van der Waals surface area contributed by atoms with Crippen LogP contribution in [0.4, 0.5) is 5.69 Å². The van der Waals surface area contributed by atoms with E-state index in [0.29, 0.717) is 12.1 Å². The van der Waals surface area contributed by atoms with E-state index in [9.17, 15) is 9.59 Å². The Hall–Kier alpha value is -1.36. The number of carbonyl (C=O) groups excluding carboxylic acids is 2. The summed E-state index contributed by atoms with van der Waals surface area (Å²) in [7, 11) is 0. The van der Waals surface area contributed by atoms with Gasteiger partial charge in [-0.3, -0.25) is 9.59 Å². The summed E-state index contributed by atoms with van der Waals surface area (Å²) in [5.74, 6) is -0.0475. The third kappa shape index (κ3) is 4.67. The molecule has 0 fully saturated rings. The van der Waals surface area contributed by atoms with Gasteiger partial charge in [-0.15, -0.1) is 0 Å². The number of carbonyl (C=O) groups is 2. The highest BCUT2D eigenvalue weighted by Gasteiger charge is 2.14. The molecule has 5 heteroatoms. The Morgan fingerprint density at radius 3 is 2.68 bits per heavy atom. The van der Waals surface area contributed by atoms with Crippen LogP contribution in [0.25, 0.3) is 0 Å². The van der Waals surface area contributed by atoms with Crippen LogP contribution in [0, 0.1) is 0 Å². The topological polar surface area (TPSA) is 49.4 Å². The molecular formula is C14H19BrN2O2. The molecule has 0 unspecified atom stereocenters. The number of rotatable bonds is 6. The normalized spacial score (nSPS) is 10.4. The van der Waals surface area contributed by atoms with Crippen molar-refractivity contribution >= 4 is 33.8 Å². The highest BCUT2D eigenvalue weighted by Crippen LogP contribution is 2.23. The predicted molar refractivity (Wildman–Crippen MR) is 80.7 cm³/mol. The summed E-state index contributed by atoms with van der Waals surface area (Å²) in [6, 6.07) is 5.53. The molecule has 0 saturated carbocycles. The summed E-state index contributed by atoms with van der Waals surface area (Å²) < 4.78 is 0.885. The first-order valence-corrected chi connectivity index (χ1v) is 7.06. The van der Waals surface area contributed by atoms with Crippen LogP contribution in [-0.4, -0.2) is 31.3 Å². The molecule has 0 heterocycles. The van der Waals surface area contributed by atoms with Crippen molar-refractivity contribution in [3.8, 4) is 0 Å². The number of anilines is 1. The van der Waals surface area contributed by atoms with E-state index in [2.05, 4.69) is 21.2 Å². The third-order valence-corrected chi connectivity index (χ3v) is 3.12. The minimum atomic E-state index is -0.0475. The minimum Gasteiger partial charge on any atom is -0.362 e. The van der Waals surface area contributed by atoms with Crippen molar-refractivity contribution in [3.63, 3.8) is 0 Å². The van der Waals surface area contributed by atoms with Gasteiger partial charge in [-0.2, -0.15) is 0 Å². The van der Waals surface area contributed by atoms with Crippen LogP contribution in [0.3, 0.4) is 0 Å². The number of likely N-dealkylation sites (N-methyl/N-ethyl adjacent to an activating group) is 1. The van der Waals surface area contributed by atoms with Gasteiger partial charge in [-0.05, 0) is 39.0 Å². The minimum absolute atomic E-state index is 0.0475. The van der Waals surface area contributed by atoms with E-state index in [-0.39, 0.29) is 18.5 Å². The molecule has 1 aromatic rings. The zero-order chi connectivity index (χ0) is 14.4. The number of hydrogen-bond acceptors (Lipinski definition) is 3. The number of amides is 1. The Kier molecular flexibility index (Phi) is 6.02. The first-order valence-electron chi connectivity index (χ1n) is 6.27. The summed E-state index contributed by atoms with van der Waals surface area (Å²) in [6.45, 7) is 6.70. The van der Waals surface area contributed by atoms with Crippen LogP contribution in [-0.2, 0) is 4.79 Å². The van der Waals surface area contributed by atoms with Crippen molar-refractivity contribution in [3.05, 3.63) is 28.2 Å². The summed E-state index contributed by atoms with van der Waals surface area (Å²) >= 11 is 3.39. The Morgan fingerprint density at radius 1 is 1.47 bits per heavy atom. The number of aldehydes is 1. The lowest BCUT2D eigenvalue weighted by Crippen LogP contribution is -2.40. The second kappa shape index (κ2) is 7.28. The Labute approximate surface area is 122 Å². The molecule has 104 valence electrons. The largest absolute Gasteiger partial charge is 0.362 e. The van der Waals surface area contributed by atoms with Crippen LogP contribution in [0.5, 0.6) is 0 Å². The van der Waals surface area contributed by atoms with Gasteiger partial charge in [-0.25, -0.2) is 0 Å². The quantitative estimate of drug-likeness (QED) is 0.817. The number of halogens is 1. The fraction of sp³-hybridized carbons (Fsp3) is 0.429. The molecule has 1 N–H and O–H groups in total. The van der Waals surface area contributed by atoms with Crippen LogP contribution in [0.1, 0.15) is 31.1 Å². The van der Waals surface area contributed by atoms with Gasteiger partial charge < -0.3 is 10.2 Å². The summed E-state index contributed by atoms with van der Waals surface area (Å²) in [5, 5.41) is 2.85. The number of nitrogens with zero attached hydrogens (tertiary/aromatic N) is 1. The number of benzene rings is 1. The molecule has 19 heavy (non-hydrogen) atoms. The van der Waals surface area contributed by atoms with Gasteiger partial charge in [0.2, 0.25) is 5.91 Å². The molecule has 4 nitrogen and oxygen atoms in total. The lowest BCUT2D eigenvalue weighted by atomic mass is 10.1. The van der Waals surface area contributed by atoms with Crippen molar-refractivity contribution in [2.24, 2.45) is 0 Å². The first kappa shape index (κ1) is 15.7. The molecule has 0 aliphatic carbocycles. The number of hydrogen-bond donors (Lipinski definition) is 1. The van der Waals surface area contributed by atoms with E-state index in [1.54, 1.807) is 6.07 Å². The third-order valence-electron chi connectivity index (χ3n) is 2.63. The van der Waals surface area contributed by atoms with Crippen LogP contribution >= 0.6 is 15.9 Å². The van der Waals surface area contributed by atoms with Gasteiger partial charge >= 0.3 is 0 Å². The van der Waals surface area contributed by atoms with Gasteiger partial charge in [-0.1, -0.05) is 15.9 Å². The number of nitrogens with one attached hydrogen (secondary N) is 1. The molecule has 0 aliphatic rings. The molecule has 0 spiro atoms. The molecule has 1 rings (SSSR count). The molecule has 0 atom stereocenters.